The van der Waals surface area contributed by atoms with Crippen LogP contribution < -0.4 is 5.69 Å². The molecule has 0 amide bonds. The quantitative estimate of drug-likeness (QED) is 0.526. The summed E-state index contributed by atoms with van der Waals surface area (Å²) < 4.78 is 12.0. The first-order valence-corrected chi connectivity index (χ1v) is 2.58. The highest BCUT2D eigenvalue weighted by molar-refractivity contribution is 7.71. The van der Waals surface area contributed by atoms with Crippen LogP contribution in [0.5, 0.6) is 0 Å². The van der Waals surface area contributed by atoms with Gasteiger partial charge in [0, 0.05) is 6.20 Å². The predicted octanol–water partition coefficient (Wildman–Crippen LogP) is 0.572. The lowest BCUT2D eigenvalue weighted by Gasteiger charge is -1.83. The monoisotopic (exact) mass is 146 g/mol. The Labute approximate surface area is 54.6 Å². The van der Waals surface area contributed by atoms with Gasteiger partial charge in [-0.1, -0.05) is 12.2 Å². The number of halogens is 1. The molecule has 0 atom stereocenters. The van der Waals surface area contributed by atoms with Crippen LogP contribution >= 0.6 is 12.2 Å². The summed E-state index contributed by atoms with van der Waals surface area (Å²) in [6, 6.07) is 0. The van der Waals surface area contributed by atoms with Gasteiger partial charge in [0.05, 0.1) is 0 Å². The summed E-state index contributed by atoms with van der Waals surface area (Å²) in [4.78, 5) is 14.5. The van der Waals surface area contributed by atoms with Gasteiger partial charge in [-0.05, 0) is 0 Å². The molecule has 0 bridgehead atoms. The van der Waals surface area contributed by atoms with Crippen LogP contribution in [-0.2, 0) is 0 Å². The molecule has 0 saturated carbocycles. The molecule has 9 heavy (non-hydrogen) atoms. The molecule has 0 radical (unpaired) electrons. The van der Waals surface area contributed by atoms with Crippen LogP contribution in [0.3, 0.4) is 0 Å². The lowest BCUT2D eigenvalue weighted by molar-refractivity contribution is 0.605. The minimum atomic E-state index is -0.621. The molecule has 48 valence electrons. The normalized spacial score (nSPS) is 9.44. The van der Waals surface area contributed by atoms with E-state index in [0.29, 0.717) is 0 Å². The van der Waals surface area contributed by atoms with Crippen molar-refractivity contribution in [2.45, 2.75) is 0 Å². The summed E-state index contributed by atoms with van der Waals surface area (Å²) in [7, 11) is 0. The van der Waals surface area contributed by atoms with E-state index < -0.39 is 11.5 Å². The molecule has 0 aliphatic carbocycles. The Morgan fingerprint density at radius 3 is 2.78 bits per heavy atom. The third-order valence-corrected chi connectivity index (χ3v) is 1.07. The van der Waals surface area contributed by atoms with Crippen molar-refractivity contribution in [1.29, 1.82) is 0 Å². The van der Waals surface area contributed by atoms with Gasteiger partial charge < -0.3 is 4.98 Å². The molecule has 0 aliphatic rings. The largest absolute Gasteiger partial charge is 0.324 e. The Balaban J connectivity index is 3.52. The smallest absolute Gasteiger partial charge is 0.311 e. The predicted molar refractivity (Wildman–Crippen MR) is 32.2 cm³/mol. The number of hydrogen-bond donors (Lipinski definition) is 2. The summed E-state index contributed by atoms with van der Waals surface area (Å²) in [5, 5.41) is 0. The van der Waals surface area contributed by atoms with Crippen LogP contribution in [0.25, 0.3) is 0 Å². The van der Waals surface area contributed by atoms with Gasteiger partial charge in [0.25, 0.3) is 0 Å². The van der Waals surface area contributed by atoms with E-state index in [4.69, 9.17) is 0 Å². The molecule has 0 saturated heterocycles. The van der Waals surface area contributed by atoms with Crippen molar-refractivity contribution >= 4 is 12.2 Å². The van der Waals surface area contributed by atoms with Gasteiger partial charge >= 0.3 is 5.69 Å². The van der Waals surface area contributed by atoms with Crippen molar-refractivity contribution < 1.29 is 4.39 Å². The lowest BCUT2D eigenvalue weighted by atomic mass is 10.6. The number of H-pyrrole nitrogens is 2. The van der Waals surface area contributed by atoms with E-state index in [-0.39, 0.29) is 4.64 Å². The number of hydrogen-bond acceptors (Lipinski definition) is 2. The van der Waals surface area contributed by atoms with Crippen LogP contribution in [0.4, 0.5) is 4.39 Å². The van der Waals surface area contributed by atoms with Crippen molar-refractivity contribution in [2.75, 3.05) is 0 Å². The molecule has 1 heterocycles. The zero-order valence-corrected chi connectivity index (χ0v) is 5.09. The van der Waals surface area contributed by atoms with Gasteiger partial charge in [-0.15, -0.1) is 0 Å². The second-order valence-electron chi connectivity index (χ2n) is 1.42. The summed E-state index contributed by atoms with van der Waals surface area (Å²) in [5.41, 5.74) is -0.499. The summed E-state index contributed by atoms with van der Waals surface area (Å²) in [5.74, 6) is -0.621. The van der Waals surface area contributed by atoms with E-state index in [1.54, 1.807) is 0 Å². The third kappa shape index (κ3) is 1.23. The van der Waals surface area contributed by atoms with Gasteiger partial charge in [0.1, 0.15) is 4.64 Å². The highest BCUT2D eigenvalue weighted by Crippen LogP contribution is 1.88. The molecule has 0 aromatic carbocycles. The number of rotatable bonds is 0. The van der Waals surface area contributed by atoms with Gasteiger partial charge in [-0.3, -0.25) is 4.98 Å². The third-order valence-electron chi connectivity index (χ3n) is 0.774. The zero-order chi connectivity index (χ0) is 6.85. The molecule has 0 aliphatic heterocycles. The topological polar surface area (TPSA) is 48.6 Å². The fourth-order valence-electron chi connectivity index (χ4n) is 0.393. The molecule has 3 nitrogen and oxygen atoms in total. The Morgan fingerprint density at radius 1 is 1.67 bits per heavy atom. The molecule has 0 fully saturated rings. The second kappa shape index (κ2) is 2.10. The first-order valence-electron chi connectivity index (χ1n) is 2.17. The van der Waals surface area contributed by atoms with E-state index >= 15 is 0 Å². The maximum Gasteiger partial charge on any atom is 0.324 e. The van der Waals surface area contributed by atoms with E-state index in [1.165, 1.54) is 0 Å². The van der Waals surface area contributed by atoms with Gasteiger partial charge in [0.2, 0.25) is 0 Å². The average Bonchev–Trinajstić information content (AvgIpc) is 1.80. The second-order valence-corrected chi connectivity index (χ2v) is 1.83. The molecule has 0 unspecified atom stereocenters. The maximum absolute atomic E-state index is 12.2. The van der Waals surface area contributed by atoms with Crippen molar-refractivity contribution in [3.8, 4) is 0 Å². The van der Waals surface area contributed by atoms with E-state index in [1.807, 2.05) is 0 Å². The zero-order valence-electron chi connectivity index (χ0n) is 4.27. The van der Waals surface area contributed by atoms with Crippen LogP contribution in [0, 0.1) is 10.5 Å². The molecular weight excluding hydrogens is 143 g/mol. The first kappa shape index (κ1) is 6.15. The highest BCUT2D eigenvalue weighted by atomic mass is 32.1. The number of aromatic nitrogens is 2. The molecule has 5 heteroatoms. The van der Waals surface area contributed by atoms with E-state index in [0.717, 1.165) is 6.20 Å². The highest BCUT2D eigenvalue weighted by Gasteiger charge is 1.89. The lowest BCUT2D eigenvalue weighted by Crippen LogP contribution is -2.09. The maximum atomic E-state index is 12.2. The van der Waals surface area contributed by atoms with E-state index in [9.17, 15) is 9.18 Å². The standard InChI is InChI=1S/C4H3FN2OS/c5-2-1-6-4(8)7-3(2)9/h1H,(H2,6,7,8,9). The number of aromatic amines is 2. The molecule has 1 rings (SSSR count). The summed E-state index contributed by atoms with van der Waals surface area (Å²) >= 11 is 4.39. The van der Waals surface area contributed by atoms with Crippen LogP contribution in [0.1, 0.15) is 0 Å². The Morgan fingerprint density at radius 2 is 2.33 bits per heavy atom. The van der Waals surface area contributed by atoms with E-state index in [2.05, 4.69) is 22.2 Å². The molecule has 1 aromatic rings. The molecule has 0 spiro atoms. The molecule has 1 aromatic heterocycles. The fraction of sp³-hybridized carbons (Fsp3) is 0. The first-order chi connectivity index (χ1) is 4.20. The summed E-state index contributed by atoms with van der Waals surface area (Å²) in [6.07, 6.45) is 0.918. The van der Waals surface area contributed by atoms with Crippen molar-refractivity contribution in [1.82, 2.24) is 9.97 Å². The molecule has 2 N–H and O–H groups in total. The Bertz CT molecular complexity index is 315. The van der Waals surface area contributed by atoms with Crippen molar-refractivity contribution in [3.05, 3.63) is 27.1 Å². The molecular formula is C4H3FN2OS. The minimum absolute atomic E-state index is 0.168. The van der Waals surface area contributed by atoms with Crippen LogP contribution in [0.15, 0.2) is 11.0 Å². The van der Waals surface area contributed by atoms with Gasteiger partial charge in [-0.25, -0.2) is 9.18 Å². The van der Waals surface area contributed by atoms with Gasteiger partial charge in [0.15, 0.2) is 5.82 Å². The van der Waals surface area contributed by atoms with Gasteiger partial charge in [-0.2, -0.15) is 0 Å². The minimum Gasteiger partial charge on any atom is -0.311 e. The summed E-state index contributed by atoms with van der Waals surface area (Å²) in [6.45, 7) is 0. The Kier molecular flexibility index (Phi) is 1.44. The Hall–Kier alpha value is -0.970. The van der Waals surface area contributed by atoms with Crippen LogP contribution in [-0.4, -0.2) is 9.97 Å². The SMILES string of the molecule is O=c1[nH]cc(F)c(=S)[nH]1. The fourth-order valence-corrected chi connectivity index (χ4v) is 0.545. The average molecular weight is 146 g/mol. The van der Waals surface area contributed by atoms with Crippen molar-refractivity contribution in [2.24, 2.45) is 0 Å². The number of nitrogens with one attached hydrogen (secondary N) is 2. The van der Waals surface area contributed by atoms with Crippen molar-refractivity contribution in [3.63, 3.8) is 0 Å². The van der Waals surface area contributed by atoms with Crippen LogP contribution in [0.2, 0.25) is 0 Å².